The Kier molecular flexibility index (Phi) is 8.43. The van der Waals surface area contributed by atoms with Crippen LogP contribution in [0.15, 0.2) is 27.7 Å². The lowest BCUT2D eigenvalue weighted by molar-refractivity contribution is -0.119. The molecular weight excluding hydrogens is 506 g/mol. The number of carbonyl (C=O) groups is 2. The van der Waals surface area contributed by atoms with Crippen molar-refractivity contribution in [3.63, 3.8) is 0 Å². The minimum absolute atomic E-state index is 0.0226. The summed E-state index contributed by atoms with van der Waals surface area (Å²) >= 11 is 4.72. The molecule has 3 rings (SSSR count). The number of rotatable bonds is 8. The van der Waals surface area contributed by atoms with Crippen molar-refractivity contribution in [3.05, 3.63) is 27.5 Å². The average molecular weight is 532 g/mol. The topological polar surface area (TPSA) is 107 Å². The maximum absolute atomic E-state index is 12.4. The second-order valence-electron chi connectivity index (χ2n) is 7.58. The molecule has 1 fully saturated rings. The van der Waals surface area contributed by atoms with Crippen molar-refractivity contribution < 1.29 is 22.7 Å². The first-order valence-electron chi connectivity index (χ1n) is 10.1. The normalized spacial score (nSPS) is 16.0. The standard InChI is InChI=1S/C20H26BrN3O5S2/c1-29-10-9-24-16-8-7-14(21)11-17(16)30-20(24)23-19(26)13-31(27,28)12-18(25)22-15-5-3-2-4-6-15/h7-8,11,15H,2-6,9-10,12-13H2,1H3,(H,22,25). The summed E-state index contributed by atoms with van der Waals surface area (Å²) in [5.41, 5.74) is 0.881. The van der Waals surface area contributed by atoms with Crippen molar-refractivity contribution in [2.24, 2.45) is 4.99 Å². The van der Waals surface area contributed by atoms with Crippen LogP contribution in [-0.2, 0) is 30.7 Å². The van der Waals surface area contributed by atoms with Crippen molar-refractivity contribution in [1.29, 1.82) is 0 Å². The predicted octanol–water partition coefficient (Wildman–Crippen LogP) is 2.40. The smallest absolute Gasteiger partial charge is 0.263 e. The maximum Gasteiger partial charge on any atom is 0.263 e. The van der Waals surface area contributed by atoms with Gasteiger partial charge in [0.2, 0.25) is 5.91 Å². The minimum atomic E-state index is -3.91. The van der Waals surface area contributed by atoms with Crippen molar-refractivity contribution in [1.82, 2.24) is 9.88 Å². The Morgan fingerprint density at radius 1 is 1.26 bits per heavy atom. The lowest BCUT2D eigenvalue weighted by atomic mass is 9.95. The summed E-state index contributed by atoms with van der Waals surface area (Å²) < 4.78 is 33.5. The lowest BCUT2D eigenvalue weighted by Gasteiger charge is -2.22. The molecule has 0 atom stereocenters. The Hall–Kier alpha value is -1.56. The van der Waals surface area contributed by atoms with Gasteiger partial charge in [-0.05, 0) is 31.0 Å². The van der Waals surface area contributed by atoms with Gasteiger partial charge in [-0.2, -0.15) is 4.99 Å². The second-order valence-corrected chi connectivity index (χ2v) is 11.6. The molecular formula is C20H26BrN3O5S2. The molecule has 0 saturated heterocycles. The summed E-state index contributed by atoms with van der Waals surface area (Å²) in [4.78, 5) is 29.0. The van der Waals surface area contributed by atoms with Crippen molar-refractivity contribution in [2.45, 2.75) is 44.7 Å². The summed E-state index contributed by atoms with van der Waals surface area (Å²) in [6.07, 6.45) is 4.93. The van der Waals surface area contributed by atoms with E-state index in [0.717, 1.165) is 46.8 Å². The number of amides is 2. The molecule has 2 aromatic rings. The molecule has 31 heavy (non-hydrogen) atoms. The number of ether oxygens (including phenoxy) is 1. The molecule has 1 heterocycles. The third-order valence-corrected chi connectivity index (χ3v) is 7.97. The van der Waals surface area contributed by atoms with Crippen LogP contribution in [0.1, 0.15) is 32.1 Å². The summed E-state index contributed by atoms with van der Waals surface area (Å²) in [5, 5.41) is 2.77. The zero-order valence-electron chi connectivity index (χ0n) is 17.3. The van der Waals surface area contributed by atoms with Crippen LogP contribution in [-0.4, -0.2) is 56.1 Å². The number of sulfone groups is 1. The Morgan fingerprint density at radius 3 is 2.71 bits per heavy atom. The van der Waals surface area contributed by atoms with E-state index in [1.54, 1.807) is 7.11 Å². The maximum atomic E-state index is 12.4. The van der Waals surface area contributed by atoms with Crippen LogP contribution in [0.2, 0.25) is 0 Å². The molecule has 0 unspecified atom stereocenters. The van der Waals surface area contributed by atoms with E-state index in [9.17, 15) is 18.0 Å². The number of thiazole rings is 1. The fourth-order valence-electron chi connectivity index (χ4n) is 3.63. The Balaban J connectivity index is 1.73. The number of fused-ring (bicyclic) bond motifs is 1. The molecule has 0 spiro atoms. The van der Waals surface area contributed by atoms with Gasteiger partial charge in [0.25, 0.3) is 5.91 Å². The molecule has 8 nitrogen and oxygen atoms in total. The van der Waals surface area contributed by atoms with Gasteiger partial charge in [-0.1, -0.05) is 46.5 Å². The molecule has 0 bridgehead atoms. The quantitative estimate of drug-likeness (QED) is 0.562. The van der Waals surface area contributed by atoms with Gasteiger partial charge < -0.3 is 14.6 Å². The van der Waals surface area contributed by atoms with Crippen LogP contribution < -0.4 is 10.1 Å². The number of nitrogens with zero attached hydrogens (tertiary/aromatic N) is 2. The van der Waals surface area contributed by atoms with E-state index >= 15 is 0 Å². The molecule has 170 valence electrons. The predicted molar refractivity (Wildman–Crippen MR) is 124 cm³/mol. The van der Waals surface area contributed by atoms with Gasteiger partial charge in [0.15, 0.2) is 14.6 Å². The van der Waals surface area contributed by atoms with E-state index in [2.05, 4.69) is 26.2 Å². The van der Waals surface area contributed by atoms with Gasteiger partial charge in [-0.15, -0.1) is 0 Å². The van der Waals surface area contributed by atoms with Crippen LogP contribution >= 0.6 is 27.3 Å². The second kappa shape index (κ2) is 10.8. The molecule has 1 N–H and O–H groups in total. The van der Waals surface area contributed by atoms with Gasteiger partial charge in [0.1, 0.15) is 11.5 Å². The molecule has 1 aromatic carbocycles. The molecule has 2 amide bonds. The van der Waals surface area contributed by atoms with Crippen molar-refractivity contribution in [3.8, 4) is 0 Å². The van der Waals surface area contributed by atoms with Gasteiger partial charge in [-0.3, -0.25) is 9.59 Å². The number of methoxy groups -OCH3 is 1. The zero-order chi connectivity index (χ0) is 22.4. The number of hydrogen-bond donors (Lipinski definition) is 1. The largest absolute Gasteiger partial charge is 0.383 e. The first-order valence-corrected chi connectivity index (χ1v) is 13.6. The Bertz CT molecular complexity index is 1120. The first-order chi connectivity index (χ1) is 14.8. The Morgan fingerprint density at radius 2 is 2.00 bits per heavy atom. The van der Waals surface area contributed by atoms with Gasteiger partial charge >= 0.3 is 0 Å². The molecule has 0 aliphatic heterocycles. The van der Waals surface area contributed by atoms with Crippen molar-refractivity contribution in [2.75, 3.05) is 25.2 Å². The lowest BCUT2D eigenvalue weighted by Crippen LogP contribution is -2.40. The SMILES string of the molecule is COCCn1c(=NC(=O)CS(=O)(=O)CC(=O)NC2CCCCC2)sc2cc(Br)ccc21. The molecule has 1 aliphatic carbocycles. The van der Waals surface area contributed by atoms with Crippen molar-refractivity contribution >= 4 is 59.1 Å². The van der Waals surface area contributed by atoms with E-state index in [-0.39, 0.29) is 6.04 Å². The van der Waals surface area contributed by atoms with E-state index in [1.165, 1.54) is 11.3 Å². The molecule has 1 aromatic heterocycles. The van der Waals surface area contributed by atoms with Crippen LogP contribution in [0.25, 0.3) is 10.2 Å². The van der Waals surface area contributed by atoms with E-state index in [1.807, 2.05) is 22.8 Å². The fourth-order valence-corrected chi connectivity index (χ4v) is 6.28. The van der Waals surface area contributed by atoms with Gasteiger partial charge in [0, 0.05) is 24.2 Å². The molecule has 11 heteroatoms. The third kappa shape index (κ3) is 6.96. The van der Waals surface area contributed by atoms with Crippen LogP contribution in [0.5, 0.6) is 0 Å². The summed E-state index contributed by atoms with van der Waals surface area (Å²) in [5.74, 6) is -2.84. The monoisotopic (exact) mass is 531 g/mol. The molecule has 0 radical (unpaired) electrons. The Labute approximate surface area is 193 Å². The minimum Gasteiger partial charge on any atom is -0.383 e. The number of aromatic nitrogens is 1. The van der Waals surface area contributed by atoms with Crippen LogP contribution in [0, 0.1) is 0 Å². The first kappa shape index (κ1) is 24.1. The zero-order valence-corrected chi connectivity index (χ0v) is 20.5. The number of nitrogens with one attached hydrogen (secondary N) is 1. The summed E-state index contributed by atoms with van der Waals surface area (Å²) in [7, 11) is -2.33. The highest BCUT2D eigenvalue weighted by atomic mass is 79.9. The number of carbonyl (C=O) groups excluding carboxylic acids is 2. The molecule has 1 saturated carbocycles. The van der Waals surface area contributed by atoms with E-state index in [0.29, 0.717) is 18.0 Å². The van der Waals surface area contributed by atoms with Crippen LogP contribution in [0.4, 0.5) is 0 Å². The summed E-state index contributed by atoms with van der Waals surface area (Å²) in [6, 6.07) is 5.73. The number of halogens is 1. The van der Waals surface area contributed by atoms with E-state index in [4.69, 9.17) is 4.74 Å². The van der Waals surface area contributed by atoms with Crippen LogP contribution in [0.3, 0.4) is 0 Å². The molecule has 1 aliphatic rings. The highest BCUT2D eigenvalue weighted by Crippen LogP contribution is 2.22. The highest BCUT2D eigenvalue weighted by Gasteiger charge is 2.23. The third-order valence-electron chi connectivity index (χ3n) is 5.05. The summed E-state index contributed by atoms with van der Waals surface area (Å²) in [6.45, 7) is 0.893. The van der Waals surface area contributed by atoms with Gasteiger partial charge in [0.05, 0.1) is 16.8 Å². The highest BCUT2D eigenvalue weighted by molar-refractivity contribution is 9.10. The van der Waals surface area contributed by atoms with E-state index < -0.39 is 33.2 Å². The fraction of sp³-hybridized carbons (Fsp3) is 0.550. The van der Waals surface area contributed by atoms with Gasteiger partial charge in [-0.25, -0.2) is 8.42 Å². The average Bonchev–Trinajstić information content (AvgIpc) is 3.01. The number of benzene rings is 1. The number of hydrogen-bond acceptors (Lipinski definition) is 6.